The van der Waals surface area contributed by atoms with Crippen molar-refractivity contribution in [1.29, 1.82) is 0 Å². The monoisotopic (exact) mass is 264 g/mol. The molecule has 1 saturated carbocycles. The summed E-state index contributed by atoms with van der Waals surface area (Å²) in [6.07, 6.45) is 4.19. The number of carbonyl (C=O) groups is 2. The Kier molecular flexibility index (Phi) is 4.24. The highest BCUT2D eigenvalue weighted by atomic mass is 16.3. The molecule has 1 aliphatic rings. The number of amides is 2. The lowest BCUT2D eigenvalue weighted by molar-refractivity contribution is -0.139. The van der Waals surface area contributed by atoms with E-state index in [4.69, 9.17) is 4.42 Å². The zero-order valence-electron chi connectivity index (χ0n) is 11.4. The second kappa shape index (κ2) is 5.91. The largest absolute Gasteiger partial charge is 0.466 e. The molecule has 1 heterocycles. The van der Waals surface area contributed by atoms with E-state index in [1.807, 2.05) is 19.9 Å². The van der Waals surface area contributed by atoms with Gasteiger partial charge in [-0.15, -0.1) is 0 Å². The highest BCUT2D eigenvalue weighted by molar-refractivity contribution is 6.35. The van der Waals surface area contributed by atoms with Crippen LogP contribution in [0.4, 0.5) is 0 Å². The molecule has 0 bridgehead atoms. The van der Waals surface area contributed by atoms with Gasteiger partial charge in [0.2, 0.25) is 0 Å². The molecule has 2 amide bonds. The normalized spacial score (nSPS) is 15.5. The van der Waals surface area contributed by atoms with Crippen LogP contribution in [0.25, 0.3) is 0 Å². The molecule has 2 rings (SSSR count). The van der Waals surface area contributed by atoms with Gasteiger partial charge in [-0.1, -0.05) is 12.8 Å². The summed E-state index contributed by atoms with van der Waals surface area (Å²) in [6, 6.07) is 2.03. The van der Waals surface area contributed by atoms with Crippen LogP contribution < -0.4 is 10.6 Å². The first-order valence-electron chi connectivity index (χ1n) is 6.71. The topological polar surface area (TPSA) is 71.3 Å². The van der Waals surface area contributed by atoms with E-state index in [9.17, 15) is 9.59 Å². The van der Waals surface area contributed by atoms with Crippen molar-refractivity contribution in [3.63, 3.8) is 0 Å². The first kappa shape index (κ1) is 13.6. The molecule has 5 heteroatoms. The maximum absolute atomic E-state index is 11.7. The quantitative estimate of drug-likeness (QED) is 0.814. The van der Waals surface area contributed by atoms with Gasteiger partial charge in [0, 0.05) is 18.2 Å². The Labute approximate surface area is 112 Å². The van der Waals surface area contributed by atoms with E-state index < -0.39 is 11.8 Å². The summed E-state index contributed by atoms with van der Waals surface area (Å²) in [7, 11) is 0. The van der Waals surface area contributed by atoms with Crippen LogP contribution in [0.3, 0.4) is 0 Å². The van der Waals surface area contributed by atoms with Crippen molar-refractivity contribution in [2.75, 3.05) is 0 Å². The van der Waals surface area contributed by atoms with E-state index in [-0.39, 0.29) is 6.04 Å². The average molecular weight is 264 g/mol. The highest BCUT2D eigenvalue weighted by Crippen LogP contribution is 2.17. The maximum Gasteiger partial charge on any atom is 0.309 e. The molecule has 0 unspecified atom stereocenters. The lowest BCUT2D eigenvalue weighted by atomic mass is 10.2. The van der Waals surface area contributed by atoms with Crippen molar-refractivity contribution < 1.29 is 14.0 Å². The number of hydrogen-bond donors (Lipinski definition) is 2. The fraction of sp³-hybridized carbons (Fsp3) is 0.571. The predicted molar refractivity (Wildman–Crippen MR) is 70.4 cm³/mol. The number of aryl methyl sites for hydroxylation is 2. The fourth-order valence-corrected chi connectivity index (χ4v) is 2.44. The molecular weight excluding hydrogens is 244 g/mol. The van der Waals surface area contributed by atoms with Crippen LogP contribution in [0.2, 0.25) is 0 Å². The summed E-state index contributed by atoms with van der Waals surface area (Å²) in [5.41, 5.74) is 0.902. The lowest BCUT2D eigenvalue weighted by Gasteiger charge is -2.11. The fourth-order valence-electron chi connectivity index (χ4n) is 2.44. The Balaban J connectivity index is 1.80. The molecule has 104 valence electrons. The first-order valence-corrected chi connectivity index (χ1v) is 6.71. The third-order valence-electron chi connectivity index (χ3n) is 3.48. The molecular formula is C14H20N2O3. The van der Waals surface area contributed by atoms with Crippen LogP contribution in [0.15, 0.2) is 10.5 Å². The third-order valence-corrected chi connectivity index (χ3v) is 3.48. The summed E-state index contributed by atoms with van der Waals surface area (Å²) < 4.78 is 5.36. The Bertz CT molecular complexity index is 473. The van der Waals surface area contributed by atoms with Gasteiger partial charge in [0.25, 0.3) is 0 Å². The molecule has 1 aromatic rings. The maximum atomic E-state index is 11.7. The standard InChI is InChI=1S/C14H20N2O3/c1-9-7-11(10(2)19-9)8-15-13(17)14(18)16-12-5-3-4-6-12/h7,12H,3-6,8H2,1-2H3,(H,15,17)(H,16,18). The van der Waals surface area contributed by atoms with Crippen molar-refractivity contribution >= 4 is 11.8 Å². The summed E-state index contributed by atoms with van der Waals surface area (Å²) in [4.78, 5) is 23.3. The van der Waals surface area contributed by atoms with Crippen molar-refractivity contribution in [1.82, 2.24) is 10.6 Å². The van der Waals surface area contributed by atoms with Gasteiger partial charge in [-0.3, -0.25) is 9.59 Å². The Morgan fingerprint density at radius 2 is 1.95 bits per heavy atom. The second-order valence-electron chi connectivity index (χ2n) is 5.08. The van der Waals surface area contributed by atoms with Crippen molar-refractivity contribution in [3.8, 4) is 0 Å². The van der Waals surface area contributed by atoms with E-state index in [2.05, 4.69) is 10.6 Å². The lowest BCUT2D eigenvalue weighted by Crippen LogP contribution is -2.43. The predicted octanol–water partition coefficient (Wildman–Crippen LogP) is 1.57. The summed E-state index contributed by atoms with van der Waals surface area (Å²) >= 11 is 0. The molecule has 0 radical (unpaired) electrons. The SMILES string of the molecule is Cc1cc(CNC(=O)C(=O)NC2CCCC2)c(C)o1. The Morgan fingerprint density at radius 3 is 2.53 bits per heavy atom. The minimum Gasteiger partial charge on any atom is -0.466 e. The van der Waals surface area contributed by atoms with Crippen molar-refractivity contribution in [3.05, 3.63) is 23.2 Å². The molecule has 5 nitrogen and oxygen atoms in total. The summed E-state index contributed by atoms with van der Waals surface area (Å²) in [5, 5.41) is 5.38. The molecule has 0 atom stereocenters. The number of rotatable bonds is 3. The second-order valence-corrected chi connectivity index (χ2v) is 5.08. The van der Waals surface area contributed by atoms with E-state index in [0.717, 1.165) is 42.8 Å². The molecule has 1 aromatic heterocycles. The van der Waals surface area contributed by atoms with E-state index in [0.29, 0.717) is 6.54 Å². The molecule has 0 saturated heterocycles. The van der Waals surface area contributed by atoms with Crippen LogP contribution in [0, 0.1) is 13.8 Å². The van der Waals surface area contributed by atoms with Crippen LogP contribution in [0.5, 0.6) is 0 Å². The van der Waals surface area contributed by atoms with Crippen LogP contribution in [-0.2, 0) is 16.1 Å². The molecule has 0 spiro atoms. The number of furan rings is 1. The van der Waals surface area contributed by atoms with Crippen LogP contribution >= 0.6 is 0 Å². The smallest absolute Gasteiger partial charge is 0.309 e. The van der Waals surface area contributed by atoms with Gasteiger partial charge in [0.05, 0.1) is 0 Å². The zero-order valence-corrected chi connectivity index (χ0v) is 11.4. The number of carbonyl (C=O) groups excluding carboxylic acids is 2. The highest BCUT2D eigenvalue weighted by Gasteiger charge is 2.21. The van der Waals surface area contributed by atoms with Gasteiger partial charge in [0.1, 0.15) is 11.5 Å². The van der Waals surface area contributed by atoms with Gasteiger partial charge in [-0.25, -0.2) is 0 Å². The summed E-state index contributed by atoms with van der Waals surface area (Å²) in [5.74, 6) is 0.459. The van der Waals surface area contributed by atoms with Gasteiger partial charge in [0.15, 0.2) is 0 Å². The minimum atomic E-state index is -0.579. The zero-order chi connectivity index (χ0) is 13.8. The van der Waals surface area contributed by atoms with E-state index in [1.165, 1.54) is 0 Å². The average Bonchev–Trinajstić information content (AvgIpc) is 2.96. The van der Waals surface area contributed by atoms with Crippen LogP contribution in [0.1, 0.15) is 42.8 Å². The third kappa shape index (κ3) is 3.59. The number of nitrogens with one attached hydrogen (secondary N) is 2. The van der Waals surface area contributed by atoms with Gasteiger partial charge in [-0.05, 0) is 32.8 Å². The molecule has 0 aromatic carbocycles. The Hall–Kier alpha value is -1.78. The van der Waals surface area contributed by atoms with Crippen molar-refractivity contribution in [2.24, 2.45) is 0 Å². The van der Waals surface area contributed by atoms with E-state index in [1.54, 1.807) is 0 Å². The van der Waals surface area contributed by atoms with Gasteiger partial charge < -0.3 is 15.1 Å². The number of hydrogen-bond acceptors (Lipinski definition) is 3. The van der Waals surface area contributed by atoms with Gasteiger partial charge >= 0.3 is 11.8 Å². The Morgan fingerprint density at radius 1 is 1.26 bits per heavy atom. The molecule has 0 aliphatic heterocycles. The molecule has 1 fully saturated rings. The molecule has 19 heavy (non-hydrogen) atoms. The van der Waals surface area contributed by atoms with E-state index >= 15 is 0 Å². The molecule has 2 N–H and O–H groups in total. The molecule has 1 aliphatic carbocycles. The first-order chi connectivity index (χ1) is 9.06. The summed E-state index contributed by atoms with van der Waals surface area (Å²) in [6.45, 7) is 4.01. The van der Waals surface area contributed by atoms with Crippen LogP contribution in [-0.4, -0.2) is 17.9 Å². The minimum absolute atomic E-state index is 0.163. The van der Waals surface area contributed by atoms with Gasteiger partial charge in [-0.2, -0.15) is 0 Å². The van der Waals surface area contributed by atoms with Crippen molar-refractivity contribution in [2.45, 2.75) is 52.1 Å².